The summed E-state index contributed by atoms with van der Waals surface area (Å²) in [5.41, 5.74) is 1.66. The lowest BCUT2D eigenvalue weighted by molar-refractivity contribution is -0.386. The van der Waals surface area contributed by atoms with E-state index in [9.17, 15) is 14.9 Å². The number of rotatable bonds is 7. The molecule has 4 rings (SSSR count). The van der Waals surface area contributed by atoms with Gasteiger partial charge in [0.05, 0.1) is 11.5 Å². The van der Waals surface area contributed by atoms with E-state index in [1.54, 1.807) is 37.0 Å². The largest absolute Gasteiger partial charge is 0.312 e. The van der Waals surface area contributed by atoms with Gasteiger partial charge in [-0.15, -0.1) is 0 Å². The number of nitrogens with zero attached hydrogens (tertiary/aromatic N) is 7. The lowest BCUT2D eigenvalue weighted by Crippen LogP contribution is -2.16. The van der Waals surface area contributed by atoms with Crippen molar-refractivity contribution in [3.05, 3.63) is 85.5 Å². The third kappa shape index (κ3) is 4.73. The van der Waals surface area contributed by atoms with E-state index in [4.69, 9.17) is 23.2 Å². The Balaban J connectivity index is 1.45. The average molecular weight is 489 g/mol. The molecule has 1 N–H and O–H groups in total. The number of anilines is 1. The first-order chi connectivity index (χ1) is 15.7. The molecule has 0 aliphatic carbocycles. The minimum Gasteiger partial charge on any atom is -0.302 e. The Bertz CT molecular complexity index is 1360. The second-order valence-electron chi connectivity index (χ2n) is 7.23. The molecule has 1 aromatic carbocycles. The van der Waals surface area contributed by atoms with Gasteiger partial charge in [0.25, 0.3) is 5.91 Å². The van der Waals surface area contributed by atoms with Gasteiger partial charge in [-0.3, -0.25) is 24.3 Å². The monoisotopic (exact) mass is 488 g/mol. The molecule has 0 radical (unpaired) electrons. The van der Waals surface area contributed by atoms with Crippen LogP contribution in [0.3, 0.4) is 0 Å². The normalized spacial score (nSPS) is 11.0. The van der Waals surface area contributed by atoms with Crippen LogP contribution in [0, 0.1) is 24.0 Å². The smallest absolute Gasteiger partial charge is 0.302 e. The number of hydrogen-bond donors (Lipinski definition) is 1. The molecule has 170 valence electrons. The molecule has 3 aromatic heterocycles. The minimum absolute atomic E-state index is 0.0397. The Hall–Kier alpha value is -3.70. The Morgan fingerprint density at radius 2 is 1.85 bits per heavy atom. The van der Waals surface area contributed by atoms with Crippen LogP contribution in [-0.2, 0) is 13.2 Å². The predicted molar refractivity (Wildman–Crippen MR) is 122 cm³/mol. The number of halogens is 2. The summed E-state index contributed by atoms with van der Waals surface area (Å²) >= 11 is 12.4. The molecule has 3 heterocycles. The predicted octanol–water partition coefficient (Wildman–Crippen LogP) is 3.91. The topological polar surface area (TPSA) is 126 Å². The first-order valence-corrected chi connectivity index (χ1v) is 10.5. The van der Waals surface area contributed by atoms with E-state index in [1.807, 2.05) is 18.2 Å². The highest BCUT2D eigenvalue weighted by molar-refractivity contribution is 6.33. The Morgan fingerprint density at radius 3 is 2.55 bits per heavy atom. The van der Waals surface area contributed by atoms with Crippen LogP contribution in [0.25, 0.3) is 0 Å². The minimum atomic E-state index is -0.502. The number of hydrogen-bond acceptors (Lipinski definition) is 6. The first-order valence-electron chi connectivity index (χ1n) is 9.72. The van der Waals surface area contributed by atoms with E-state index in [-0.39, 0.29) is 28.9 Å². The van der Waals surface area contributed by atoms with Gasteiger partial charge in [0.2, 0.25) is 0 Å². The summed E-state index contributed by atoms with van der Waals surface area (Å²) in [4.78, 5) is 23.3. The standard InChI is InChI=1S/C20H18Cl2N8O3/c1-12-18(30(32)33)13(2)29(24-12)11-27-8-7-17(25-27)20(31)23-19-16(22)10-28(26-19)9-14-5-3-4-6-15(14)21/h3-8,10H,9,11H2,1-2H3,(H,23,26,31). The number of carbonyl (C=O) groups excluding carboxylic acids is 1. The van der Waals surface area contributed by atoms with E-state index >= 15 is 0 Å². The van der Waals surface area contributed by atoms with Crippen molar-refractivity contribution in [2.24, 2.45) is 0 Å². The van der Waals surface area contributed by atoms with Gasteiger partial charge in [0, 0.05) is 17.4 Å². The number of aryl methyl sites for hydroxylation is 1. The van der Waals surface area contributed by atoms with E-state index in [2.05, 4.69) is 20.6 Å². The van der Waals surface area contributed by atoms with Crippen molar-refractivity contribution in [3.63, 3.8) is 0 Å². The van der Waals surface area contributed by atoms with Gasteiger partial charge in [-0.2, -0.15) is 15.3 Å². The molecule has 0 bridgehead atoms. The molecule has 0 aliphatic rings. The van der Waals surface area contributed by atoms with Crippen molar-refractivity contribution in [1.29, 1.82) is 0 Å². The number of amides is 1. The maximum absolute atomic E-state index is 12.6. The van der Waals surface area contributed by atoms with Crippen LogP contribution in [0.5, 0.6) is 0 Å². The van der Waals surface area contributed by atoms with Crippen molar-refractivity contribution in [2.45, 2.75) is 27.1 Å². The quantitative estimate of drug-likeness (QED) is 0.310. The van der Waals surface area contributed by atoms with Crippen molar-refractivity contribution >= 4 is 40.6 Å². The zero-order chi connectivity index (χ0) is 23.7. The van der Waals surface area contributed by atoms with Crippen molar-refractivity contribution < 1.29 is 9.72 Å². The molecule has 0 fully saturated rings. The fourth-order valence-corrected chi connectivity index (χ4v) is 3.72. The van der Waals surface area contributed by atoms with Crippen molar-refractivity contribution in [2.75, 3.05) is 5.32 Å². The lowest BCUT2D eigenvalue weighted by atomic mass is 10.2. The van der Waals surface area contributed by atoms with Crippen molar-refractivity contribution in [1.82, 2.24) is 29.3 Å². The second kappa shape index (κ2) is 9.04. The molecule has 13 heteroatoms. The number of aromatic nitrogens is 6. The third-order valence-electron chi connectivity index (χ3n) is 4.92. The Kier molecular flexibility index (Phi) is 6.16. The highest BCUT2D eigenvalue weighted by Gasteiger charge is 2.22. The van der Waals surface area contributed by atoms with Crippen LogP contribution in [0.1, 0.15) is 27.4 Å². The fourth-order valence-electron chi connectivity index (χ4n) is 3.32. The summed E-state index contributed by atoms with van der Waals surface area (Å²) in [7, 11) is 0. The summed E-state index contributed by atoms with van der Waals surface area (Å²) < 4.78 is 4.48. The SMILES string of the molecule is Cc1nn(Cn2ccc(C(=O)Nc3nn(Cc4ccccc4Cl)cc3Cl)n2)c(C)c1[N+](=O)[O-]. The van der Waals surface area contributed by atoms with Crippen LogP contribution >= 0.6 is 23.2 Å². The number of nitro groups is 1. The Labute approximate surface area is 197 Å². The Morgan fingerprint density at radius 1 is 1.09 bits per heavy atom. The summed E-state index contributed by atoms with van der Waals surface area (Å²) in [5, 5.41) is 27.4. The molecule has 1 amide bonds. The maximum Gasteiger partial charge on any atom is 0.312 e. The van der Waals surface area contributed by atoms with Gasteiger partial charge in [-0.05, 0) is 31.5 Å². The van der Waals surface area contributed by atoms with Crippen LogP contribution < -0.4 is 5.32 Å². The average Bonchev–Trinajstić information content (AvgIpc) is 3.42. The number of benzene rings is 1. The highest BCUT2D eigenvalue weighted by Crippen LogP contribution is 2.23. The third-order valence-corrected chi connectivity index (χ3v) is 5.56. The van der Waals surface area contributed by atoms with Crippen LogP contribution in [0.4, 0.5) is 11.5 Å². The zero-order valence-electron chi connectivity index (χ0n) is 17.6. The molecular weight excluding hydrogens is 471 g/mol. The van der Waals surface area contributed by atoms with E-state index in [0.717, 1.165) is 5.56 Å². The van der Waals surface area contributed by atoms with Gasteiger partial charge in [-0.25, -0.2) is 4.68 Å². The summed E-state index contributed by atoms with van der Waals surface area (Å²) in [6.07, 6.45) is 3.17. The molecule has 0 unspecified atom stereocenters. The number of carbonyl (C=O) groups is 1. The molecule has 11 nitrogen and oxygen atoms in total. The van der Waals surface area contributed by atoms with Gasteiger partial charge in [-0.1, -0.05) is 41.4 Å². The van der Waals surface area contributed by atoms with Gasteiger partial charge in [0.15, 0.2) is 11.5 Å². The van der Waals surface area contributed by atoms with Crippen LogP contribution in [-0.4, -0.2) is 40.2 Å². The molecule has 0 saturated heterocycles. The molecule has 0 aliphatic heterocycles. The van der Waals surface area contributed by atoms with Crippen LogP contribution in [0.2, 0.25) is 10.0 Å². The molecular formula is C20H18Cl2N8O3. The molecule has 0 saturated carbocycles. The van der Waals surface area contributed by atoms with Gasteiger partial charge in [0.1, 0.15) is 23.1 Å². The van der Waals surface area contributed by atoms with E-state index < -0.39 is 10.8 Å². The fraction of sp³-hybridized carbons (Fsp3) is 0.200. The molecule has 4 aromatic rings. The summed E-state index contributed by atoms with van der Waals surface area (Å²) in [5.74, 6) is -0.310. The van der Waals surface area contributed by atoms with Crippen LogP contribution in [0.15, 0.2) is 42.7 Å². The first kappa shape index (κ1) is 22.5. The van der Waals surface area contributed by atoms with Crippen molar-refractivity contribution in [3.8, 4) is 0 Å². The number of nitrogens with one attached hydrogen (secondary N) is 1. The molecule has 0 spiro atoms. The van der Waals surface area contributed by atoms with E-state index in [0.29, 0.717) is 23.0 Å². The second-order valence-corrected chi connectivity index (χ2v) is 8.04. The van der Waals surface area contributed by atoms with E-state index in [1.165, 1.54) is 15.4 Å². The van der Waals surface area contributed by atoms with Gasteiger partial charge >= 0.3 is 5.69 Å². The van der Waals surface area contributed by atoms with Gasteiger partial charge < -0.3 is 5.32 Å². The molecule has 0 atom stereocenters. The lowest BCUT2D eigenvalue weighted by Gasteiger charge is -2.04. The maximum atomic E-state index is 12.6. The zero-order valence-corrected chi connectivity index (χ0v) is 19.1. The summed E-state index contributed by atoms with van der Waals surface area (Å²) in [6.45, 7) is 3.67. The summed E-state index contributed by atoms with van der Waals surface area (Å²) in [6, 6.07) is 8.88. The molecule has 33 heavy (non-hydrogen) atoms. The highest BCUT2D eigenvalue weighted by atomic mass is 35.5.